The lowest BCUT2D eigenvalue weighted by atomic mass is 9.79. The minimum absolute atomic E-state index is 0.0706. The molecular formula is C8H7BCl2O3. The van der Waals surface area contributed by atoms with Gasteiger partial charge in [0.15, 0.2) is 5.78 Å². The minimum Gasteiger partial charge on any atom is -0.423 e. The molecule has 1 aromatic rings. The first-order chi connectivity index (χ1) is 6.43. The number of hydrogen-bond donors (Lipinski definition) is 2. The maximum Gasteiger partial charge on any atom is 0.489 e. The quantitative estimate of drug-likeness (QED) is 0.588. The molecule has 6 heteroatoms. The molecule has 1 rings (SSSR count). The molecular weight excluding hydrogens is 226 g/mol. The molecule has 0 aliphatic heterocycles. The van der Waals surface area contributed by atoms with Crippen LogP contribution in [0.2, 0.25) is 10.0 Å². The van der Waals surface area contributed by atoms with Crippen molar-refractivity contribution in [2.45, 2.75) is 6.92 Å². The fourth-order valence-electron chi connectivity index (χ4n) is 1.03. The van der Waals surface area contributed by atoms with Gasteiger partial charge >= 0.3 is 7.12 Å². The molecule has 0 aliphatic carbocycles. The van der Waals surface area contributed by atoms with Crippen LogP contribution in [0.4, 0.5) is 0 Å². The zero-order valence-electron chi connectivity index (χ0n) is 7.29. The molecule has 0 atom stereocenters. The van der Waals surface area contributed by atoms with Gasteiger partial charge in [0.2, 0.25) is 0 Å². The van der Waals surface area contributed by atoms with Crippen molar-refractivity contribution in [2.75, 3.05) is 0 Å². The van der Waals surface area contributed by atoms with Gasteiger partial charge in [0, 0.05) is 16.0 Å². The highest BCUT2D eigenvalue weighted by atomic mass is 35.5. The Labute approximate surface area is 91.4 Å². The van der Waals surface area contributed by atoms with Gasteiger partial charge in [0.25, 0.3) is 0 Å². The number of benzene rings is 1. The Balaban J connectivity index is 3.34. The molecule has 14 heavy (non-hydrogen) atoms. The van der Waals surface area contributed by atoms with E-state index >= 15 is 0 Å². The predicted octanol–water partition coefficient (Wildman–Crippen LogP) is 0.876. The molecule has 0 fully saturated rings. The van der Waals surface area contributed by atoms with E-state index in [1.165, 1.54) is 19.1 Å². The summed E-state index contributed by atoms with van der Waals surface area (Å²) in [4.78, 5) is 11.1. The molecule has 0 aromatic heterocycles. The Morgan fingerprint density at radius 2 is 1.86 bits per heavy atom. The third-order valence-electron chi connectivity index (χ3n) is 1.74. The third-order valence-corrected chi connectivity index (χ3v) is 2.38. The molecule has 0 aliphatic rings. The summed E-state index contributed by atoms with van der Waals surface area (Å²) in [6.07, 6.45) is 0. The number of carbonyl (C=O) groups is 1. The second-order valence-electron chi connectivity index (χ2n) is 2.78. The predicted molar refractivity (Wildman–Crippen MR) is 56.3 cm³/mol. The van der Waals surface area contributed by atoms with E-state index in [0.29, 0.717) is 0 Å². The first kappa shape index (κ1) is 11.5. The first-order valence-electron chi connectivity index (χ1n) is 3.79. The van der Waals surface area contributed by atoms with Crippen molar-refractivity contribution in [3.8, 4) is 0 Å². The van der Waals surface area contributed by atoms with E-state index in [0.717, 1.165) is 0 Å². The summed E-state index contributed by atoms with van der Waals surface area (Å²) in [5.74, 6) is -0.256. The van der Waals surface area contributed by atoms with Gasteiger partial charge in [-0.2, -0.15) is 0 Å². The molecule has 1 aromatic carbocycles. The van der Waals surface area contributed by atoms with Gasteiger partial charge in [0.1, 0.15) is 0 Å². The lowest BCUT2D eigenvalue weighted by Crippen LogP contribution is -2.31. The number of Topliss-reactive ketones (excluding diaryl/α,β-unsaturated/α-hetero) is 1. The van der Waals surface area contributed by atoms with Crippen LogP contribution in [-0.2, 0) is 0 Å². The monoisotopic (exact) mass is 232 g/mol. The summed E-state index contributed by atoms with van der Waals surface area (Å²) >= 11 is 11.4. The zero-order valence-corrected chi connectivity index (χ0v) is 8.80. The molecule has 0 spiro atoms. The average Bonchev–Trinajstić information content (AvgIpc) is 2.02. The second-order valence-corrected chi connectivity index (χ2v) is 3.60. The van der Waals surface area contributed by atoms with Crippen molar-refractivity contribution in [1.29, 1.82) is 0 Å². The van der Waals surface area contributed by atoms with E-state index in [-0.39, 0.29) is 26.9 Å². The Morgan fingerprint density at radius 1 is 1.29 bits per heavy atom. The standard InChI is InChI=1S/C8H7BCl2O3/c1-4(12)5-2-6(9(13)14)8(11)3-7(5)10/h2-3,13-14H,1H3. The SMILES string of the molecule is CC(=O)c1cc(B(O)O)c(Cl)cc1Cl. The lowest BCUT2D eigenvalue weighted by molar-refractivity contribution is 0.101. The van der Waals surface area contributed by atoms with Crippen LogP contribution in [0.1, 0.15) is 17.3 Å². The molecule has 0 bridgehead atoms. The zero-order chi connectivity index (χ0) is 10.9. The molecule has 0 amide bonds. The highest BCUT2D eigenvalue weighted by Gasteiger charge is 2.18. The van der Waals surface area contributed by atoms with Gasteiger partial charge < -0.3 is 10.0 Å². The maximum atomic E-state index is 11.1. The molecule has 2 N–H and O–H groups in total. The maximum absolute atomic E-state index is 11.1. The normalized spacial score (nSPS) is 10.1. The number of hydrogen-bond acceptors (Lipinski definition) is 3. The first-order valence-corrected chi connectivity index (χ1v) is 4.55. The summed E-state index contributed by atoms with van der Waals surface area (Å²) < 4.78 is 0. The summed E-state index contributed by atoms with van der Waals surface area (Å²) in [5, 5.41) is 18.2. The van der Waals surface area contributed by atoms with Gasteiger partial charge in [-0.25, -0.2) is 0 Å². The van der Waals surface area contributed by atoms with Crippen LogP contribution in [-0.4, -0.2) is 22.9 Å². The van der Waals surface area contributed by atoms with Crippen LogP contribution in [0.3, 0.4) is 0 Å². The Morgan fingerprint density at radius 3 is 2.29 bits per heavy atom. The Bertz CT molecular complexity index is 379. The number of rotatable bonds is 2. The molecule has 0 heterocycles. The van der Waals surface area contributed by atoms with Crippen LogP contribution in [0, 0.1) is 0 Å². The minimum atomic E-state index is -1.71. The van der Waals surface area contributed by atoms with Crippen molar-refractivity contribution in [1.82, 2.24) is 0 Å². The van der Waals surface area contributed by atoms with Crippen molar-refractivity contribution >= 4 is 41.6 Å². The highest BCUT2D eigenvalue weighted by Crippen LogP contribution is 2.20. The van der Waals surface area contributed by atoms with Crippen molar-refractivity contribution < 1.29 is 14.8 Å². The third kappa shape index (κ3) is 2.28. The van der Waals surface area contributed by atoms with Crippen LogP contribution < -0.4 is 5.46 Å². The molecule has 3 nitrogen and oxygen atoms in total. The van der Waals surface area contributed by atoms with Gasteiger partial charge in [-0.1, -0.05) is 23.2 Å². The number of halogens is 2. The molecule has 0 unspecified atom stereocenters. The van der Waals surface area contributed by atoms with E-state index < -0.39 is 7.12 Å². The van der Waals surface area contributed by atoms with Gasteiger partial charge in [-0.3, -0.25) is 4.79 Å². The van der Waals surface area contributed by atoms with Crippen LogP contribution in [0.15, 0.2) is 12.1 Å². The Hall–Kier alpha value is -0.545. The van der Waals surface area contributed by atoms with Crippen molar-refractivity contribution in [2.24, 2.45) is 0 Å². The molecule has 0 saturated carbocycles. The van der Waals surface area contributed by atoms with E-state index in [1.54, 1.807) is 0 Å². The molecule has 0 saturated heterocycles. The number of carbonyl (C=O) groups excluding carboxylic acids is 1. The second kappa shape index (κ2) is 4.32. The van der Waals surface area contributed by atoms with Crippen LogP contribution in [0.25, 0.3) is 0 Å². The van der Waals surface area contributed by atoms with Crippen LogP contribution in [0.5, 0.6) is 0 Å². The number of ketones is 1. The fraction of sp³-hybridized carbons (Fsp3) is 0.125. The van der Waals surface area contributed by atoms with E-state index in [4.69, 9.17) is 33.2 Å². The molecule has 0 radical (unpaired) electrons. The smallest absolute Gasteiger partial charge is 0.423 e. The van der Waals surface area contributed by atoms with Crippen molar-refractivity contribution in [3.05, 3.63) is 27.7 Å². The summed E-state index contributed by atoms with van der Waals surface area (Å²) in [5.41, 5.74) is 0.292. The fourth-order valence-corrected chi connectivity index (χ4v) is 1.65. The average molecular weight is 233 g/mol. The largest absolute Gasteiger partial charge is 0.489 e. The molecule has 74 valence electrons. The topological polar surface area (TPSA) is 57.5 Å². The summed E-state index contributed by atoms with van der Waals surface area (Å²) in [6, 6.07) is 2.59. The van der Waals surface area contributed by atoms with Crippen molar-refractivity contribution in [3.63, 3.8) is 0 Å². The van der Waals surface area contributed by atoms with E-state index in [2.05, 4.69) is 0 Å². The summed E-state index contributed by atoms with van der Waals surface area (Å²) in [6.45, 7) is 1.34. The highest BCUT2D eigenvalue weighted by molar-refractivity contribution is 6.63. The van der Waals surface area contributed by atoms with Gasteiger partial charge in [-0.05, 0) is 19.1 Å². The van der Waals surface area contributed by atoms with Crippen LogP contribution >= 0.6 is 23.2 Å². The van der Waals surface area contributed by atoms with Gasteiger partial charge in [-0.15, -0.1) is 0 Å². The van der Waals surface area contributed by atoms with Gasteiger partial charge in [0.05, 0.1) is 5.02 Å². The summed E-state index contributed by atoms with van der Waals surface area (Å²) in [7, 11) is -1.71. The Kier molecular flexibility index (Phi) is 3.56. The lowest BCUT2D eigenvalue weighted by Gasteiger charge is -2.06. The van der Waals surface area contributed by atoms with E-state index in [9.17, 15) is 4.79 Å². The van der Waals surface area contributed by atoms with E-state index in [1.807, 2.05) is 0 Å².